The maximum Gasteiger partial charge on any atom is 0.326 e. The quantitative estimate of drug-likeness (QED) is 0.256. The van der Waals surface area contributed by atoms with E-state index in [1.165, 1.54) is 16.4 Å². The van der Waals surface area contributed by atoms with Gasteiger partial charge in [-0.05, 0) is 67.9 Å². The fraction of sp³-hybridized carbons (Fsp3) is 0.581. The summed E-state index contributed by atoms with van der Waals surface area (Å²) in [6.45, 7) is 5.16. The van der Waals surface area contributed by atoms with E-state index in [0.29, 0.717) is 57.4 Å². The van der Waals surface area contributed by atoms with Crippen molar-refractivity contribution < 1.29 is 27.8 Å². The summed E-state index contributed by atoms with van der Waals surface area (Å²) < 4.78 is 40.2. The van der Waals surface area contributed by atoms with Crippen LogP contribution in [0.25, 0.3) is 0 Å². The first-order chi connectivity index (χ1) is 19.5. The molecule has 3 fully saturated rings. The number of nitrogens with one attached hydrogen (secondary N) is 1. The summed E-state index contributed by atoms with van der Waals surface area (Å²) in [6.07, 6.45) is 2.71. The number of hydrogen-bond donors (Lipinski definition) is 3. The van der Waals surface area contributed by atoms with E-state index in [2.05, 4.69) is 5.32 Å². The number of rotatable bonds is 12. The third-order valence-corrected chi connectivity index (χ3v) is 10.8. The van der Waals surface area contributed by atoms with Crippen LogP contribution in [0.1, 0.15) is 51.5 Å². The average Bonchev–Trinajstić information content (AvgIpc) is 3.69. The molecule has 2 bridgehead atoms. The molecule has 9 nitrogen and oxygen atoms in total. The van der Waals surface area contributed by atoms with E-state index in [1.54, 1.807) is 12.1 Å². The lowest BCUT2D eigenvalue weighted by atomic mass is 9.71. The van der Waals surface area contributed by atoms with Crippen LogP contribution < -0.4 is 11.1 Å². The van der Waals surface area contributed by atoms with Crippen molar-refractivity contribution in [2.75, 3.05) is 32.0 Å². The standard InChI is InChI=1S/C31H43N3O6S/c1-22(2)19-34(41(37,38)26-10-8-24(32)9-11-26)20-28(35)27(18-23-6-4-3-5-7-23)30-13-15-31(33-30,16-14-30)29(36)40-25-12-17-39-21-25/h3-11,22,25,27-28,33,35H,12-21,32H2,1-2H3/t25-,27-,28+,30?,31?/m0/s1. The molecule has 0 unspecified atom stereocenters. The van der Waals surface area contributed by atoms with Gasteiger partial charge in [0.15, 0.2) is 0 Å². The van der Waals surface area contributed by atoms with Crippen molar-refractivity contribution in [1.29, 1.82) is 0 Å². The van der Waals surface area contributed by atoms with Crippen molar-refractivity contribution in [3.05, 3.63) is 60.2 Å². The van der Waals surface area contributed by atoms with Crippen molar-refractivity contribution in [2.24, 2.45) is 11.8 Å². The molecule has 0 saturated carbocycles. The summed E-state index contributed by atoms with van der Waals surface area (Å²) in [5.74, 6) is -0.518. The van der Waals surface area contributed by atoms with Crippen molar-refractivity contribution in [2.45, 2.75) is 80.6 Å². The molecule has 41 heavy (non-hydrogen) atoms. The molecule has 3 saturated heterocycles. The number of hydrogen-bond acceptors (Lipinski definition) is 8. The van der Waals surface area contributed by atoms with Crippen LogP contribution in [0, 0.1) is 11.8 Å². The molecule has 5 rings (SSSR count). The van der Waals surface area contributed by atoms with Gasteiger partial charge >= 0.3 is 5.97 Å². The summed E-state index contributed by atoms with van der Waals surface area (Å²) in [7, 11) is -3.88. The number of carbonyl (C=O) groups excluding carboxylic acids is 1. The molecule has 3 aliphatic heterocycles. The van der Waals surface area contributed by atoms with Crippen LogP contribution in [0.15, 0.2) is 59.5 Å². The number of fused-ring (bicyclic) bond motifs is 2. The molecule has 3 heterocycles. The van der Waals surface area contributed by atoms with Crippen LogP contribution >= 0.6 is 0 Å². The van der Waals surface area contributed by atoms with Crippen LogP contribution in [0.2, 0.25) is 0 Å². The van der Waals surface area contributed by atoms with Crippen molar-refractivity contribution in [1.82, 2.24) is 9.62 Å². The number of carbonyl (C=O) groups is 1. The van der Waals surface area contributed by atoms with Crippen molar-refractivity contribution in [3.8, 4) is 0 Å². The lowest BCUT2D eigenvalue weighted by molar-refractivity contribution is -0.156. The second-order valence-corrected chi connectivity index (χ2v) is 14.3. The van der Waals surface area contributed by atoms with Crippen molar-refractivity contribution >= 4 is 21.7 Å². The molecule has 0 aliphatic carbocycles. The monoisotopic (exact) mass is 585 g/mol. The van der Waals surface area contributed by atoms with E-state index < -0.39 is 27.2 Å². The zero-order chi connectivity index (χ0) is 29.3. The van der Waals surface area contributed by atoms with Gasteiger partial charge in [0.2, 0.25) is 10.0 Å². The Morgan fingerprint density at radius 3 is 2.39 bits per heavy atom. The van der Waals surface area contributed by atoms with Gasteiger partial charge < -0.3 is 20.3 Å². The van der Waals surface area contributed by atoms with Gasteiger partial charge in [-0.2, -0.15) is 4.31 Å². The van der Waals surface area contributed by atoms with E-state index in [-0.39, 0.29) is 41.9 Å². The summed E-state index contributed by atoms with van der Waals surface area (Å²) in [4.78, 5) is 13.5. The van der Waals surface area contributed by atoms with Gasteiger partial charge in [0.25, 0.3) is 0 Å². The highest BCUT2D eigenvalue weighted by Crippen LogP contribution is 2.51. The number of esters is 1. The predicted molar refractivity (Wildman–Crippen MR) is 156 cm³/mol. The minimum atomic E-state index is -3.88. The lowest BCUT2D eigenvalue weighted by Gasteiger charge is -2.40. The van der Waals surface area contributed by atoms with E-state index in [9.17, 15) is 18.3 Å². The highest BCUT2D eigenvalue weighted by Gasteiger charge is 2.62. The molecule has 3 atom stereocenters. The second kappa shape index (κ2) is 12.0. The Morgan fingerprint density at radius 2 is 1.78 bits per heavy atom. The molecule has 4 N–H and O–H groups in total. The molecule has 0 aromatic heterocycles. The van der Waals surface area contributed by atoms with Crippen LogP contribution in [0.3, 0.4) is 0 Å². The normalized spacial score (nSPS) is 27.4. The number of aliphatic hydroxyl groups is 1. The van der Waals surface area contributed by atoms with Crippen molar-refractivity contribution in [3.63, 3.8) is 0 Å². The van der Waals surface area contributed by atoms with Crippen LogP contribution in [0.5, 0.6) is 0 Å². The second-order valence-electron chi connectivity index (χ2n) is 12.4. The van der Waals surface area contributed by atoms with Gasteiger partial charge in [-0.25, -0.2) is 8.42 Å². The number of nitrogens with zero attached hydrogens (tertiary/aromatic N) is 1. The Bertz CT molecular complexity index is 1290. The molecule has 224 valence electrons. The Morgan fingerprint density at radius 1 is 1.10 bits per heavy atom. The zero-order valence-corrected chi connectivity index (χ0v) is 24.8. The fourth-order valence-electron chi connectivity index (χ4n) is 6.81. The summed E-state index contributed by atoms with van der Waals surface area (Å²) in [6, 6.07) is 16.1. The van der Waals surface area contributed by atoms with E-state index >= 15 is 0 Å². The van der Waals surface area contributed by atoms with Crippen LogP contribution in [-0.4, -0.2) is 73.4 Å². The summed E-state index contributed by atoms with van der Waals surface area (Å²) in [5.41, 5.74) is 6.04. The maximum absolute atomic E-state index is 13.8. The van der Waals surface area contributed by atoms with Gasteiger partial charge in [-0.3, -0.25) is 10.1 Å². The molecule has 2 aromatic carbocycles. The molecular weight excluding hydrogens is 542 g/mol. The third-order valence-electron chi connectivity index (χ3n) is 8.99. The fourth-order valence-corrected chi connectivity index (χ4v) is 8.43. The predicted octanol–water partition coefficient (Wildman–Crippen LogP) is 3.12. The van der Waals surface area contributed by atoms with Gasteiger partial charge in [0.05, 0.1) is 24.2 Å². The maximum atomic E-state index is 13.8. The minimum Gasteiger partial charge on any atom is -0.458 e. The first-order valence-corrected chi connectivity index (χ1v) is 16.1. The average molecular weight is 586 g/mol. The highest BCUT2D eigenvalue weighted by atomic mass is 32.2. The van der Waals surface area contributed by atoms with Crippen LogP contribution in [0.4, 0.5) is 5.69 Å². The number of sulfonamides is 1. The molecular formula is C31H43N3O6S. The number of aliphatic hydroxyl groups excluding tert-OH is 1. The Labute approximate surface area is 243 Å². The molecule has 3 aliphatic rings. The summed E-state index contributed by atoms with van der Waals surface area (Å²) in [5, 5.41) is 15.6. The van der Waals surface area contributed by atoms with Gasteiger partial charge in [0.1, 0.15) is 11.6 Å². The number of benzene rings is 2. The third kappa shape index (κ3) is 6.32. The molecule has 2 aromatic rings. The Hall–Kier alpha value is -2.50. The minimum absolute atomic E-state index is 0.0505. The Kier molecular flexibility index (Phi) is 8.78. The molecule has 0 radical (unpaired) electrons. The van der Waals surface area contributed by atoms with Gasteiger partial charge in [0, 0.05) is 36.7 Å². The number of ether oxygens (including phenoxy) is 2. The first-order valence-electron chi connectivity index (χ1n) is 14.7. The van der Waals surface area contributed by atoms with E-state index in [4.69, 9.17) is 15.2 Å². The SMILES string of the molecule is CC(C)CN(C[C@@H](O)[C@H](Cc1ccccc1)C12CCC(C(=O)O[C@H]3CCOC3)(CC1)N2)S(=O)(=O)c1ccc(N)cc1. The van der Waals surface area contributed by atoms with E-state index in [0.717, 1.165) is 5.56 Å². The summed E-state index contributed by atoms with van der Waals surface area (Å²) >= 11 is 0. The topological polar surface area (TPSA) is 131 Å². The van der Waals surface area contributed by atoms with Crippen LogP contribution in [-0.2, 0) is 30.7 Å². The first kappa shape index (κ1) is 30.0. The largest absolute Gasteiger partial charge is 0.458 e. The number of anilines is 1. The molecule has 0 amide bonds. The smallest absolute Gasteiger partial charge is 0.326 e. The zero-order valence-electron chi connectivity index (χ0n) is 24.0. The molecule has 10 heteroatoms. The number of nitrogen functional groups attached to an aromatic ring is 1. The van der Waals surface area contributed by atoms with Gasteiger partial charge in [-0.15, -0.1) is 0 Å². The lowest BCUT2D eigenvalue weighted by Crippen LogP contribution is -2.56. The number of nitrogens with two attached hydrogens (primary N) is 1. The van der Waals surface area contributed by atoms with E-state index in [1.807, 2.05) is 44.2 Å². The molecule has 0 spiro atoms. The Balaban J connectivity index is 1.41. The highest BCUT2D eigenvalue weighted by molar-refractivity contribution is 7.89. The van der Waals surface area contributed by atoms with Gasteiger partial charge in [-0.1, -0.05) is 44.2 Å².